The lowest BCUT2D eigenvalue weighted by atomic mass is 10.0. The first-order chi connectivity index (χ1) is 16.2. The molecule has 0 radical (unpaired) electrons. The fourth-order valence-corrected chi connectivity index (χ4v) is 4.86. The Hall–Kier alpha value is -3.26. The van der Waals surface area contributed by atoms with Crippen LogP contribution in [0.3, 0.4) is 0 Å². The summed E-state index contributed by atoms with van der Waals surface area (Å²) in [6.07, 6.45) is 1.66. The minimum absolute atomic E-state index is 0.261. The number of hydrogen-bond acceptors (Lipinski definition) is 6. The summed E-state index contributed by atoms with van der Waals surface area (Å²) in [6, 6.07) is 25.7. The predicted molar refractivity (Wildman–Crippen MR) is 129 cm³/mol. The van der Waals surface area contributed by atoms with E-state index in [1.165, 1.54) is 5.56 Å². The van der Waals surface area contributed by atoms with E-state index in [9.17, 15) is 4.79 Å². The number of rotatable bonds is 6. The molecule has 2 heterocycles. The molecular formula is C26H26N3O3S+. The first-order valence-corrected chi connectivity index (χ1v) is 12.0. The average Bonchev–Trinajstić information content (AvgIpc) is 3.24. The Morgan fingerprint density at radius 3 is 2.42 bits per heavy atom. The number of amides is 1. The van der Waals surface area contributed by atoms with Crippen molar-refractivity contribution in [3.63, 3.8) is 0 Å². The number of fused-ring (bicyclic) bond motifs is 1. The van der Waals surface area contributed by atoms with Crippen molar-refractivity contribution in [1.29, 1.82) is 0 Å². The molecule has 1 aliphatic heterocycles. The van der Waals surface area contributed by atoms with Crippen LogP contribution in [-0.2, 0) is 6.54 Å². The molecule has 5 rings (SSSR count). The first-order valence-electron chi connectivity index (χ1n) is 11.2. The molecule has 1 fully saturated rings. The summed E-state index contributed by atoms with van der Waals surface area (Å²) in [5.41, 5.74) is 2.21. The Morgan fingerprint density at radius 2 is 1.67 bits per heavy atom. The Morgan fingerprint density at radius 1 is 0.939 bits per heavy atom. The SMILES string of the molecule is O=C([NH2+]C1CCN(Cc2ccc(Oc3nc4ccccc4s3)cc2)CC1)Oc1ccccc1. The summed E-state index contributed by atoms with van der Waals surface area (Å²) >= 11 is 1.55. The number of nitrogens with zero attached hydrogens (tertiary/aromatic N) is 2. The van der Waals surface area contributed by atoms with Gasteiger partial charge in [0.1, 0.15) is 11.5 Å². The molecule has 1 amide bonds. The van der Waals surface area contributed by atoms with Crippen LogP contribution in [0, 0.1) is 0 Å². The lowest BCUT2D eigenvalue weighted by Crippen LogP contribution is -2.94. The predicted octanol–water partition coefficient (Wildman–Crippen LogP) is 4.82. The largest absolute Gasteiger partial charge is 0.518 e. The number of piperidine rings is 1. The molecule has 0 atom stereocenters. The smallest absolute Gasteiger partial charge is 0.431 e. The molecule has 7 heteroatoms. The summed E-state index contributed by atoms with van der Waals surface area (Å²) in [4.78, 5) is 19.1. The number of nitrogens with two attached hydrogens (primary N) is 1. The highest BCUT2D eigenvalue weighted by Crippen LogP contribution is 2.31. The molecule has 0 saturated carbocycles. The number of carbonyl (C=O) groups is 1. The summed E-state index contributed by atoms with van der Waals surface area (Å²) in [5, 5.41) is 2.39. The van der Waals surface area contributed by atoms with Gasteiger partial charge in [0, 0.05) is 32.5 Å². The number of thiazole rings is 1. The third-order valence-electron chi connectivity index (χ3n) is 5.77. The quantitative estimate of drug-likeness (QED) is 0.447. The minimum Gasteiger partial charge on any atom is -0.431 e. The molecule has 4 aromatic rings. The molecule has 33 heavy (non-hydrogen) atoms. The van der Waals surface area contributed by atoms with Gasteiger partial charge in [-0.1, -0.05) is 53.8 Å². The Balaban J connectivity index is 1.08. The third-order valence-corrected chi connectivity index (χ3v) is 6.69. The third kappa shape index (κ3) is 5.76. The van der Waals surface area contributed by atoms with Crippen molar-refractivity contribution in [3.05, 3.63) is 84.4 Å². The van der Waals surface area contributed by atoms with Crippen LogP contribution >= 0.6 is 11.3 Å². The fourth-order valence-electron chi connectivity index (χ4n) is 4.03. The van der Waals surface area contributed by atoms with E-state index in [1.807, 2.05) is 48.5 Å². The van der Waals surface area contributed by atoms with Gasteiger partial charge in [-0.25, -0.2) is 10.3 Å². The van der Waals surface area contributed by atoms with E-state index in [4.69, 9.17) is 9.47 Å². The standard InChI is InChI=1S/C26H25N3O3S/c30-25(31-21-6-2-1-3-7-21)27-20-14-16-29(17-15-20)18-19-10-12-22(13-11-19)32-26-28-23-8-4-5-9-24(23)33-26/h1-13,20H,14-18H2,(H,27,30)/p+1. The summed E-state index contributed by atoms with van der Waals surface area (Å²) < 4.78 is 12.5. The second kappa shape index (κ2) is 10.1. The lowest BCUT2D eigenvalue weighted by Gasteiger charge is -2.29. The summed E-state index contributed by atoms with van der Waals surface area (Å²) in [5.74, 6) is 1.38. The van der Waals surface area contributed by atoms with Crippen molar-refractivity contribution in [1.82, 2.24) is 9.88 Å². The Labute approximate surface area is 196 Å². The number of hydrogen-bond donors (Lipinski definition) is 1. The van der Waals surface area contributed by atoms with E-state index >= 15 is 0 Å². The molecule has 0 aliphatic carbocycles. The topological polar surface area (TPSA) is 68.3 Å². The van der Waals surface area contributed by atoms with Crippen LogP contribution in [0.2, 0.25) is 0 Å². The highest BCUT2D eigenvalue weighted by Gasteiger charge is 2.25. The van der Waals surface area contributed by atoms with Gasteiger partial charge >= 0.3 is 6.09 Å². The second-order valence-electron chi connectivity index (χ2n) is 8.21. The van der Waals surface area contributed by atoms with E-state index in [2.05, 4.69) is 28.1 Å². The summed E-state index contributed by atoms with van der Waals surface area (Å²) in [7, 11) is 0. The van der Waals surface area contributed by atoms with Gasteiger partial charge in [-0.05, 0) is 42.0 Å². The van der Waals surface area contributed by atoms with E-state index in [-0.39, 0.29) is 12.1 Å². The molecule has 0 bridgehead atoms. The van der Waals surface area contributed by atoms with Gasteiger partial charge in [0.15, 0.2) is 0 Å². The Bertz CT molecular complexity index is 1170. The van der Waals surface area contributed by atoms with Crippen LogP contribution in [0.4, 0.5) is 4.79 Å². The second-order valence-corrected chi connectivity index (χ2v) is 9.20. The molecule has 1 aliphatic rings. The summed E-state index contributed by atoms with van der Waals surface area (Å²) in [6.45, 7) is 2.82. The maximum atomic E-state index is 12.2. The number of quaternary nitrogens is 1. The molecule has 6 nitrogen and oxygen atoms in total. The number of aromatic nitrogens is 1. The molecule has 2 N–H and O–H groups in total. The van der Waals surface area contributed by atoms with Gasteiger partial charge in [0.2, 0.25) is 0 Å². The Kier molecular flexibility index (Phi) is 6.62. The van der Waals surface area contributed by atoms with E-state index in [0.29, 0.717) is 10.9 Å². The zero-order valence-electron chi connectivity index (χ0n) is 18.2. The molecule has 168 valence electrons. The molecule has 1 aromatic heterocycles. The van der Waals surface area contributed by atoms with Crippen molar-refractivity contribution in [2.45, 2.75) is 25.4 Å². The number of likely N-dealkylation sites (tertiary alicyclic amines) is 1. The van der Waals surface area contributed by atoms with Crippen molar-refractivity contribution >= 4 is 27.6 Å². The van der Waals surface area contributed by atoms with Gasteiger partial charge < -0.3 is 9.47 Å². The molecule has 0 spiro atoms. The van der Waals surface area contributed by atoms with Crippen molar-refractivity contribution in [2.24, 2.45) is 0 Å². The van der Waals surface area contributed by atoms with Crippen molar-refractivity contribution < 1.29 is 19.6 Å². The number of ether oxygens (including phenoxy) is 2. The number of para-hydroxylation sites is 2. The fraction of sp³-hybridized carbons (Fsp3) is 0.231. The molecule has 0 unspecified atom stereocenters. The van der Waals surface area contributed by atoms with Gasteiger partial charge in [0.25, 0.3) is 5.19 Å². The normalized spacial score (nSPS) is 14.9. The number of carbonyl (C=O) groups excluding carboxylic acids is 1. The highest BCUT2D eigenvalue weighted by molar-refractivity contribution is 7.20. The van der Waals surface area contributed by atoms with E-state index in [0.717, 1.165) is 48.4 Å². The van der Waals surface area contributed by atoms with Crippen LogP contribution in [0.5, 0.6) is 16.7 Å². The van der Waals surface area contributed by atoms with Crippen LogP contribution in [0.1, 0.15) is 18.4 Å². The van der Waals surface area contributed by atoms with Crippen LogP contribution < -0.4 is 14.8 Å². The average molecular weight is 461 g/mol. The first kappa shape index (κ1) is 21.6. The highest BCUT2D eigenvalue weighted by atomic mass is 32.1. The maximum Gasteiger partial charge on any atom is 0.518 e. The van der Waals surface area contributed by atoms with Gasteiger partial charge in [-0.2, -0.15) is 4.79 Å². The van der Waals surface area contributed by atoms with Crippen molar-refractivity contribution in [2.75, 3.05) is 13.1 Å². The van der Waals surface area contributed by atoms with Crippen LogP contribution in [-0.4, -0.2) is 35.1 Å². The monoisotopic (exact) mass is 460 g/mol. The lowest BCUT2D eigenvalue weighted by molar-refractivity contribution is -0.608. The zero-order chi connectivity index (χ0) is 22.5. The van der Waals surface area contributed by atoms with Gasteiger partial charge in [-0.15, -0.1) is 0 Å². The molecular weight excluding hydrogens is 434 g/mol. The van der Waals surface area contributed by atoms with Gasteiger partial charge in [-0.3, -0.25) is 4.90 Å². The number of primary amides is 1. The number of benzene rings is 3. The van der Waals surface area contributed by atoms with Crippen molar-refractivity contribution in [3.8, 4) is 16.7 Å². The molecule has 3 aromatic carbocycles. The maximum absolute atomic E-state index is 12.2. The zero-order valence-corrected chi connectivity index (χ0v) is 19.0. The van der Waals surface area contributed by atoms with Gasteiger partial charge in [0.05, 0.1) is 16.3 Å². The van der Waals surface area contributed by atoms with Crippen LogP contribution in [0.15, 0.2) is 78.9 Å². The minimum atomic E-state index is -0.261. The van der Waals surface area contributed by atoms with E-state index in [1.54, 1.807) is 28.8 Å². The van der Waals surface area contributed by atoms with Crippen LogP contribution in [0.25, 0.3) is 10.2 Å². The molecule has 1 saturated heterocycles. The van der Waals surface area contributed by atoms with E-state index < -0.39 is 0 Å².